The number of primary amides is 1. The van der Waals surface area contributed by atoms with E-state index >= 15 is 0 Å². The third-order valence-electron chi connectivity index (χ3n) is 4.80. The maximum Gasteiger partial charge on any atom is 0.315 e. The van der Waals surface area contributed by atoms with Crippen molar-refractivity contribution < 1.29 is 22.8 Å². The zero-order chi connectivity index (χ0) is 21.4. The van der Waals surface area contributed by atoms with Gasteiger partial charge in [-0.05, 0) is 24.3 Å². The van der Waals surface area contributed by atoms with Crippen molar-refractivity contribution in [2.75, 3.05) is 11.9 Å². The minimum Gasteiger partial charge on any atom is -0.351 e. The SMILES string of the molecule is NC(=O)N1CCn2nc(-c3cccc(F)c3)c(C(=O)Nc3ccc(F)cc3F)c2C1. The average molecular weight is 415 g/mol. The first-order chi connectivity index (χ1) is 14.3. The van der Waals surface area contributed by atoms with Crippen molar-refractivity contribution in [1.82, 2.24) is 14.7 Å². The number of carbonyl (C=O) groups is 2. The predicted molar refractivity (Wildman–Crippen MR) is 102 cm³/mol. The quantitative estimate of drug-likeness (QED) is 0.688. The van der Waals surface area contributed by atoms with Crippen LogP contribution in [0.1, 0.15) is 16.1 Å². The molecule has 0 bridgehead atoms. The van der Waals surface area contributed by atoms with Crippen LogP contribution in [0.15, 0.2) is 42.5 Å². The van der Waals surface area contributed by atoms with E-state index < -0.39 is 29.4 Å². The number of halogens is 3. The lowest BCUT2D eigenvalue weighted by Crippen LogP contribution is -2.42. The molecule has 4 rings (SSSR count). The lowest BCUT2D eigenvalue weighted by molar-refractivity contribution is 0.102. The normalized spacial score (nSPS) is 13.1. The monoisotopic (exact) mass is 415 g/mol. The summed E-state index contributed by atoms with van der Waals surface area (Å²) in [6, 6.07) is 7.61. The number of nitrogens with two attached hydrogens (primary N) is 1. The molecule has 0 spiro atoms. The van der Waals surface area contributed by atoms with Crippen LogP contribution in [0.2, 0.25) is 0 Å². The van der Waals surface area contributed by atoms with Gasteiger partial charge in [-0.15, -0.1) is 0 Å². The first kappa shape index (κ1) is 19.5. The summed E-state index contributed by atoms with van der Waals surface area (Å²) in [5.41, 5.74) is 6.08. The maximum absolute atomic E-state index is 14.0. The molecule has 154 valence electrons. The van der Waals surface area contributed by atoms with E-state index in [1.807, 2.05) is 0 Å². The Morgan fingerprint density at radius 1 is 1.03 bits per heavy atom. The van der Waals surface area contributed by atoms with Gasteiger partial charge in [-0.25, -0.2) is 18.0 Å². The molecule has 0 unspecified atom stereocenters. The number of hydrogen-bond acceptors (Lipinski definition) is 3. The zero-order valence-corrected chi connectivity index (χ0v) is 15.5. The molecule has 3 amide bonds. The Hall–Kier alpha value is -3.82. The van der Waals surface area contributed by atoms with Gasteiger partial charge >= 0.3 is 6.03 Å². The molecule has 0 radical (unpaired) electrons. The average Bonchev–Trinajstić information content (AvgIpc) is 3.09. The number of aromatic nitrogens is 2. The third kappa shape index (κ3) is 3.59. The number of fused-ring (bicyclic) bond motifs is 1. The summed E-state index contributed by atoms with van der Waals surface area (Å²) in [5, 5.41) is 6.81. The van der Waals surface area contributed by atoms with Gasteiger partial charge in [-0.1, -0.05) is 12.1 Å². The Labute approximate surface area is 168 Å². The van der Waals surface area contributed by atoms with Crippen LogP contribution in [0.25, 0.3) is 11.3 Å². The summed E-state index contributed by atoms with van der Waals surface area (Å²) in [5.74, 6) is -2.98. The molecule has 0 aliphatic carbocycles. The molecule has 1 aromatic heterocycles. The van der Waals surface area contributed by atoms with E-state index in [1.54, 1.807) is 6.07 Å². The van der Waals surface area contributed by atoms with Crippen LogP contribution in [0, 0.1) is 17.5 Å². The van der Waals surface area contributed by atoms with Crippen LogP contribution in [-0.4, -0.2) is 33.2 Å². The largest absolute Gasteiger partial charge is 0.351 e. The van der Waals surface area contributed by atoms with Crippen molar-refractivity contribution in [3.8, 4) is 11.3 Å². The van der Waals surface area contributed by atoms with Crippen molar-refractivity contribution in [3.63, 3.8) is 0 Å². The van der Waals surface area contributed by atoms with Gasteiger partial charge in [0, 0.05) is 18.2 Å². The molecule has 1 aliphatic rings. The third-order valence-corrected chi connectivity index (χ3v) is 4.80. The summed E-state index contributed by atoms with van der Waals surface area (Å²) < 4.78 is 42.5. The Balaban J connectivity index is 1.80. The molecule has 2 heterocycles. The first-order valence-electron chi connectivity index (χ1n) is 9.00. The second-order valence-electron chi connectivity index (χ2n) is 6.74. The van der Waals surface area contributed by atoms with Gasteiger partial charge in [0.25, 0.3) is 5.91 Å². The number of hydrogen-bond donors (Lipinski definition) is 2. The molecule has 0 atom stereocenters. The number of urea groups is 1. The van der Waals surface area contributed by atoms with Crippen molar-refractivity contribution >= 4 is 17.6 Å². The molecule has 10 heteroatoms. The van der Waals surface area contributed by atoms with Crippen molar-refractivity contribution in [1.29, 1.82) is 0 Å². The Bertz CT molecular complexity index is 1160. The van der Waals surface area contributed by atoms with E-state index in [1.165, 1.54) is 27.8 Å². The van der Waals surface area contributed by atoms with E-state index in [-0.39, 0.29) is 30.0 Å². The second kappa shape index (κ2) is 7.54. The summed E-state index contributed by atoms with van der Waals surface area (Å²) >= 11 is 0. The molecule has 0 saturated heterocycles. The lowest BCUT2D eigenvalue weighted by atomic mass is 10.0. The van der Waals surface area contributed by atoms with Crippen LogP contribution in [0.3, 0.4) is 0 Å². The van der Waals surface area contributed by atoms with E-state index in [2.05, 4.69) is 10.4 Å². The van der Waals surface area contributed by atoms with Gasteiger partial charge < -0.3 is 16.0 Å². The van der Waals surface area contributed by atoms with Gasteiger partial charge in [0.2, 0.25) is 0 Å². The fraction of sp³-hybridized carbons (Fsp3) is 0.150. The number of nitrogens with zero attached hydrogens (tertiary/aromatic N) is 3. The standard InChI is InChI=1S/C20H16F3N5O2/c21-12-3-1-2-11(8-12)18-17(16-10-27(20(24)30)6-7-28(16)26-18)19(29)25-15-5-4-13(22)9-14(15)23/h1-5,8-9H,6-7,10H2,(H2,24,30)(H,25,29). The number of nitrogens with one attached hydrogen (secondary N) is 1. The summed E-state index contributed by atoms with van der Waals surface area (Å²) in [7, 11) is 0. The highest BCUT2D eigenvalue weighted by Crippen LogP contribution is 2.30. The first-order valence-corrected chi connectivity index (χ1v) is 9.00. The highest BCUT2D eigenvalue weighted by molar-refractivity contribution is 6.09. The van der Waals surface area contributed by atoms with E-state index in [0.29, 0.717) is 23.9 Å². The van der Waals surface area contributed by atoms with Crippen molar-refractivity contribution in [2.45, 2.75) is 13.1 Å². The van der Waals surface area contributed by atoms with Gasteiger partial charge in [-0.3, -0.25) is 9.48 Å². The molecular formula is C20H16F3N5O2. The maximum atomic E-state index is 14.0. The van der Waals surface area contributed by atoms with Gasteiger partial charge in [0.15, 0.2) is 0 Å². The van der Waals surface area contributed by atoms with Crippen molar-refractivity contribution in [3.05, 3.63) is 71.2 Å². The zero-order valence-electron chi connectivity index (χ0n) is 15.5. The molecule has 1 aliphatic heterocycles. The van der Waals surface area contributed by atoms with Crippen LogP contribution in [0.5, 0.6) is 0 Å². The van der Waals surface area contributed by atoms with Gasteiger partial charge in [0.1, 0.15) is 23.1 Å². The molecule has 3 N–H and O–H groups in total. The minimum absolute atomic E-state index is 0.00625. The Morgan fingerprint density at radius 3 is 2.50 bits per heavy atom. The highest BCUT2D eigenvalue weighted by Gasteiger charge is 2.30. The predicted octanol–water partition coefficient (Wildman–Crippen LogP) is 3.11. The summed E-state index contributed by atoms with van der Waals surface area (Å²) in [6.45, 7) is 0.575. The molecule has 0 saturated carbocycles. The highest BCUT2D eigenvalue weighted by atomic mass is 19.1. The summed E-state index contributed by atoms with van der Waals surface area (Å²) in [6.07, 6.45) is 0. The second-order valence-corrected chi connectivity index (χ2v) is 6.74. The Kier molecular flexibility index (Phi) is 4.90. The van der Waals surface area contributed by atoms with Crippen LogP contribution in [-0.2, 0) is 13.1 Å². The molecular weight excluding hydrogens is 399 g/mol. The number of benzene rings is 2. The topological polar surface area (TPSA) is 93.2 Å². The number of carbonyl (C=O) groups excluding carboxylic acids is 2. The van der Waals surface area contributed by atoms with Crippen molar-refractivity contribution in [2.24, 2.45) is 5.73 Å². The minimum atomic E-state index is -0.949. The smallest absolute Gasteiger partial charge is 0.315 e. The fourth-order valence-corrected chi connectivity index (χ4v) is 3.36. The number of rotatable bonds is 3. The van der Waals surface area contributed by atoms with Gasteiger partial charge in [-0.2, -0.15) is 5.10 Å². The number of anilines is 1. The molecule has 3 aromatic rings. The molecule has 0 fully saturated rings. The molecule has 2 aromatic carbocycles. The van der Waals surface area contributed by atoms with Crippen LogP contribution in [0.4, 0.5) is 23.7 Å². The summed E-state index contributed by atoms with van der Waals surface area (Å²) in [4.78, 5) is 26.0. The molecule has 7 nitrogen and oxygen atoms in total. The van der Waals surface area contributed by atoms with Crippen LogP contribution < -0.4 is 11.1 Å². The Morgan fingerprint density at radius 2 is 1.80 bits per heavy atom. The molecule has 30 heavy (non-hydrogen) atoms. The van der Waals surface area contributed by atoms with Gasteiger partial charge in [0.05, 0.1) is 30.0 Å². The van der Waals surface area contributed by atoms with E-state index in [4.69, 9.17) is 5.73 Å². The number of amides is 3. The fourth-order valence-electron chi connectivity index (χ4n) is 3.36. The van der Waals surface area contributed by atoms with E-state index in [9.17, 15) is 22.8 Å². The van der Waals surface area contributed by atoms with Crippen LogP contribution >= 0.6 is 0 Å². The lowest BCUT2D eigenvalue weighted by Gasteiger charge is -2.26. The van der Waals surface area contributed by atoms with E-state index in [0.717, 1.165) is 12.1 Å².